The van der Waals surface area contributed by atoms with E-state index >= 15 is 0 Å². The van der Waals surface area contributed by atoms with Crippen LogP contribution in [0.4, 0.5) is 5.69 Å². The van der Waals surface area contributed by atoms with E-state index in [0.717, 1.165) is 12.1 Å². The molecule has 20 heavy (non-hydrogen) atoms. The van der Waals surface area contributed by atoms with Crippen LogP contribution in [-0.4, -0.2) is 34.7 Å². The van der Waals surface area contributed by atoms with Gasteiger partial charge in [0.15, 0.2) is 0 Å². The van der Waals surface area contributed by atoms with E-state index in [1.54, 1.807) is 24.5 Å². The van der Waals surface area contributed by atoms with Crippen LogP contribution < -0.4 is 10.6 Å². The number of rotatable bonds is 4. The lowest BCUT2D eigenvalue weighted by atomic mass is 9.94. The third-order valence-corrected chi connectivity index (χ3v) is 3.55. The number of hydrogen-bond donors (Lipinski definition) is 2. The topological polar surface area (TPSA) is 63.2 Å². The number of nitrogens with zero attached hydrogens (tertiary/aromatic N) is 1. The van der Waals surface area contributed by atoms with E-state index in [1.807, 2.05) is 0 Å². The van der Waals surface area contributed by atoms with E-state index < -0.39 is 0 Å². The van der Waals surface area contributed by atoms with Crippen molar-refractivity contribution in [3.05, 3.63) is 24.5 Å². The second-order valence-corrected chi connectivity index (χ2v) is 6.39. The van der Waals surface area contributed by atoms with Gasteiger partial charge in [0.2, 0.25) is 5.91 Å². The van der Waals surface area contributed by atoms with E-state index in [9.17, 15) is 4.79 Å². The molecule has 0 radical (unpaired) electrons. The normalized spacial score (nSPS) is 23.5. The Balaban J connectivity index is 1.85. The standard InChI is InChI=1S/C15H23N3O2/c1-14(2)9-12(15(3,4)20-14)17-10-13(19)18-11-5-7-16-8-6-11/h5-8,12,17H,9-10H2,1-4H3,(H,16,18,19)/t12-/m0/s1. The van der Waals surface area contributed by atoms with Gasteiger partial charge in [0.1, 0.15) is 0 Å². The molecule has 0 saturated carbocycles. The molecule has 0 spiro atoms. The van der Waals surface area contributed by atoms with E-state index in [2.05, 4.69) is 43.3 Å². The van der Waals surface area contributed by atoms with Gasteiger partial charge in [-0.1, -0.05) is 0 Å². The van der Waals surface area contributed by atoms with Crippen molar-refractivity contribution in [1.82, 2.24) is 10.3 Å². The number of pyridine rings is 1. The number of carbonyl (C=O) groups excluding carboxylic acids is 1. The molecular formula is C15H23N3O2. The highest BCUT2D eigenvalue weighted by Crippen LogP contribution is 2.37. The van der Waals surface area contributed by atoms with Crippen molar-refractivity contribution in [2.75, 3.05) is 11.9 Å². The lowest BCUT2D eigenvalue weighted by molar-refractivity contribution is -0.115. The summed E-state index contributed by atoms with van der Waals surface area (Å²) in [6.45, 7) is 8.54. The molecule has 1 aromatic heterocycles. The number of carbonyl (C=O) groups is 1. The monoisotopic (exact) mass is 277 g/mol. The SMILES string of the molecule is CC1(C)C[C@H](NCC(=O)Nc2ccncc2)C(C)(C)O1. The van der Waals surface area contributed by atoms with Crippen molar-refractivity contribution in [2.45, 2.75) is 51.4 Å². The summed E-state index contributed by atoms with van der Waals surface area (Å²) in [7, 11) is 0. The fourth-order valence-electron chi connectivity index (χ4n) is 2.74. The van der Waals surface area contributed by atoms with E-state index in [1.165, 1.54) is 0 Å². The zero-order valence-corrected chi connectivity index (χ0v) is 12.6. The maximum absolute atomic E-state index is 11.9. The largest absolute Gasteiger partial charge is 0.368 e. The molecule has 2 heterocycles. The third kappa shape index (κ3) is 3.77. The Hall–Kier alpha value is -1.46. The molecule has 0 aliphatic carbocycles. The number of anilines is 1. The van der Waals surface area contributed by atoms with E-state index in [-0.39, 0.29) is 29.7 Å². The molecule has 2 N–H and O–H groups in total. The van der Waals surface area contributed by atoms with Crippen molar-refractivity contribution in [2.24, 2.45) is 0 Å². The Labute approximate surface area is 120 Å². The average molecular weight is 277 g/mol. The molecule has 5 nitrogen and oxygen atoms in total. The molecule has 1 aliphatic heterocycles. The molecule has 1 aliphatic rings. The van der Waals surface area contributed by atoms with Gasteiger partial charge in [-0.05, 0) is 46.2 Å². The molecule has 1 saturated heterocycles. The molecule has 1 aromatic rings. The van der Waals surface area contributed by atoms with Crippen molar-refractivity contribution >= 4 is 11.6 Å². The summed E-state index contributed by atoms with van der Waals surface area (Å²) < 4.78 is 6.00. The number of aromatic nitrogens is 1. The predicted molar refractivity (Wildman–Crippen MR) is 78.5 cm³/mol. The van der Waals surface area contributed by atoms with Gasteiger partial charge in [0, 0.05) is 24.1 Å². The first-order valence-electron chi connectivity index (χ1n) is 6.92. The number of nitrogens with one attached hydrogen (secondary N) is 2. The van der Waals surface area contributed by atoms with Crippen LogP contribution in [0.3, 0.4) is 0 Å². The fourth-order valence-corrected chi connectivity index (χ4v) is 2.74. The van der Waals surface area contributed by atoms with Crippen LogP contribution in [0.5, 0.6) is 0 Å². The molecule has 5 heteroatoms. The molecule has 0 unspecified atom stereocenters. The highest BCUT2D eigenvalue weighted by atomic mass is 16.5. The summed E-state index contributed by atoms with van der Waals surface area (Å²) in [5, 5.41) is 6.13. The Morgan fingerprint density at radius 2 is 2.00 bits per heavy atom. The molecule has 2 rings (SSSR count). The van der Waals surface area contributed by atoms with Crippen LogP contribution in [0.25, 0.3) is 0 Å². The van der Waals surface area contributed by atoms with Gasteiger partial charge in [-0.2, -0.15) is 0 Å². The van der Waals surface area contributed by atoms with Gasteiger partial charge >= 0.3 is 0 Å². The molecular weight excluding hydrogens is 254 g/mol. The lowest BCUT2D eigenvalue weighted by Gasteiger charge is -2.27. The molecule has 110 valence electrons. The molecule has 0 bridgehead atoms. The molecule has 0 aromatic carbocycles. The number of ether oxygens (including phenoxy) is 1. The zero-order valence-electron chi connectivity index (χ0n) is 12.6. The Bertz CT molecular complexity index is 471. The summed E-state index contributed by atoms with van der Waals surface area (Å²) in [6, 6.07) is 3.70. The van der Waals surface area contributed by atoms with Crippen molar-refractivity contribution in [3.8, 4) is 0 Å². The summed E-state index contributed by atoms with van der Waals surface area (Å²) in [5.74, 6) is -0.0586. The number of amides is 1. The van der Waals surface area contributed by atoms with Crippen molar-refractivity contribution in [1.29, 1.82) is 0 Å². The van der Waals surface area contributed by atoms with Gasteiger partial charge in [-0.15, -0.1) is 0 Å². The predicted octanol–water partition coefficient (Wildman–Crippen LogP) is 1.96. The lowest BCUT2D eigenvalue weighted by Crippen LogP contribution is -2.46. The Kier molecular flexibility index (Phi) is 4.11. The van der Waals surface area contributed by atoms with Gasteiger partial charge in [-0.25, -0.2) is 0 Å². The zero-order chi connectivity index (χ0) is 14.8. The smallest absolute Gasteiger partial charge is 0.238 e. The minimum absolute atomic E-state index is 0.0586. The van der Waals surface area contributed by atoms with Crippen LogP contribution in [-0.2, 0) is 9.53 Å². The highest BCUT2D eigenvalue weighted by molar-refractivity contribution is 5.92. The third-order valence-electron chi connectivity index (χ3n) is 3.55. The molecule has 1 atom stereocenters. The van der Waals surface area contributed by atoms with Crippen LogP contribution >= 0.6 is 0 Å². The minimum Gasteiger partial charge on any atom is -0.368 e. The first-order chi connectivity index (χ1) is 9.28. The van der Waals surface area contributed by atoms with Gasteiger partial charge in [-0.3, -0.25) is 9.78 Å². The van der Waals surface area contributed by atoms with Crippen molar-refractivity contribution < 1.29 is 9.53 Å². The van der Waals surface area contributed by atoms with Crippen molar-refractivity contribution in [3.63, 3.8) is 0 Å². The van der Waals surface area contributed by atoms with Gasteiger partial charge in [0.05, 0.1) is 17.7 Å². The summed E-state index contributed by atoms with van der Waals surface area (Å²) in [5.41, 5.74) is 0.345. The van der Waals surface area contributed by atoms with Crippen LogP contribution in [0.2, 0.25) is 0 Å². The maximum atomic E-state index is 11.9. The van der Waals surface area contributed by atoms with Crippen LogP contribution in [0.15, 0.2) is 24.5 Å². The number of hydrogen-bond acceptors (Lipinski definition) is 4. The van der Waals surface area contributed by atoms with Crippen LogP contribution in [0, 0.1) is 0 Å². The first-order valence-corrected chi connectivity index (χ1v) is 6.92. The molecule has 1 fully saturated rings. The summed E-state index contributed by atoms with van der Waals surface area (Å²) >= 11 is 0. The second-order valence-electron chi connectivity index (χ2n) is 6.39. The van der Waals surface area contributed by atoms with E-state index in [0.29, 0.717) is 0 Å². The Morgan fingerprint density at radius 1 is 1.35 bits per heavy atom. The quantitative estimate of drug-likeness (QED) is 0.883. The second kappa shape index (κ2) is 5.50. The fraction of sp³-hybridized carbons (Fsp3) is 0.600. The minimum atomic E-state index is -0.263. The Morgan fingerprint density at radius 3 is 2.55 bits per heavy atom. The van der Waals surface area contributed by atoms with Crippen LogP contribution in [0.1, 0.15) is 34.1 Å². The maximum Gasteiger partial charge on any atom is 0.238 e. The van der Waals surface area contributed by atoms with E-state index in [4.69, 9.17) is 4.74 Å². The summed E-state index contributed by atoms with van der Waals surface area (Å²) in [4.78, 5) is 15.8. The first kappa shape index (κ1) is 14.9. The molecule has 1 amide bonds. The average Bonchev–Trinajstić information content (AvgIpc) is 2.55. The summed E-state index contributed by atoms with van der Waals surface area (Å²) in [6.07, 6.45) is 4.20. The van der Waals surface area contributed by atoms with Gasteiger partial charge in [0.25, 0.3) is 0 Å². The van der Waals surface area contributed by atoms with Gasteiger partial charge < -0.3 is 15.4 Å². The highest BCUT2D eigenvalue weighted by Gasteiger charge is 2.45.